The number of ether oxygens (including phenoxy) is 2. The number of hydrogen-bond donors (Lipinski definition) is 0. The van der Waals surface area contributed by atoms with Gasteiger partial charge < -0.3 is 19.3 Å². The Morgan fingerprint density at radius 3 is 2.74 bits per heavy atom. The van der Waals surface area contributed by atoms with Gasteiger partial charge in [-0.3, -0.25) is 4.79 Å². The summed E-state index contributed by atoms with van der Waals surface area (Å²) in [6.07, 6.45) is -0.467. The number of benzene rings is 1. The number of carbonyl (C=O) groups excluding carboxylic acids is 1. The molecule has 5 heteroatoms. The Kier molecular flexibility index (Phi) is 3.40. The lowest BCUT2D eigenvalue weighted by Crippen LogP contribution is -2.50. The number of nitrogens with zero attached hydrogens (tertiary/aromatic N) is 2. The van der Waals surface area contributed by atoms with Gasteiger partial charge in [-0.2, -0.15) is 0 Å². The van der Waals surface area contributed by atoms with Gasteiger partial charge in [0.1, 0.15) is 0 Å². The number of carbonyl (C=O) groups is 1. The molecule has 102 valence electrons. The molecular weight excluding hydrogens is 244 g/mol. The van der Waals surface area contributed by atoms with Crippen LogP contribution in [0.5, 0.6) is 0 Å². The molecule has 1 aromatic rings. The zero-order chi connectivity index (χ0) is 13.2. The Hall–Kier alpha value is -1.59. The van der Waals surface area contributed by atoms with E-state index < -0.39 is 6.10 Å². The summed E-state index contributed by atoms with van der Waals surface area (Å²) >= 11 is 0. The second-order valence-corrected chi connectivity index (χ2v) is 4.83. The minimum atomic E-state index is -0.467. The monoisotopic (exact) mass is 262 g/mol. The van der Waals surface area contributed by atoms with Crippen LogP contribution in [-0.2, 0) is 14.3 Å². The minimum absolute atomic E-state index is 0.000231. The maximum Gasteiger partial charge on any atom is 0.258 e. The summed E-state index contributed by atoms with van der Waals surface area (Å²) in [5, 5.41) is 0. The first-order valence-corrected chi connectivity index (χ1v) is 6.58. The van der Waals surface area contributed by atoms with Crippen LogP contribution in [0.15, 0.2) is 24.3 Å². The first kappa shape index (κ1) is 12.4. The SMILES string of the molecule is CN1CCN(C(=O)C2COCCO2)c2ccccc21. The third-order valence-corrected chi connectivity index (χ3v) is 3.60. The first-order chi connectivity index (χ1) is 9.27. The molecule has 2 aliphatic heterocycles. The molecule has 2 aliphatic rings. The molecule has 1 fully saturated rings. The van der Waals surface area contributed by atoms with Crippen LogP contribution in [0.4, 0.5) is 11.4 Å². The molecule has 1 amide bonds. The van der Waals surface area contributed by atoms with Gasteiger partial charge in [0.15, 0.2) is 6.10 Å². The van der Waals surface area contributed by atoms with Gasteiger partial charge in [-0.1, -0.05) is 12.1 Å². The number of hydrogen-bond acceptors (Lipinski definition) is 4. The van der Waals surface area contributed by atoms with Crippen molar-refractivity contribution in [3.8, 4) is 0 Å². The largest absolute Gasteiger partial charge is 0.376 e. The van der Waals surface area contributed by atoms with Gasteiger partial charge in [-0.15, -0.1) is 0 Å². The topological polar surface area (TPSA) is 42.0 Å². The summed E-state index contributed by atoms with van der Waals surface area (Å²) in [4.78, 5) is 16.5. The van der Waals surface area contributed by atoms with E-state index in [0.717, 1.165) is 17.9 Å². The van der Waals surface area contributed by atoms with Crippen LogP contribution in [0.1, 0.15) is 0 Å². The van der Waals surface area contributed by atoms with Gasteiger partial charge in [-0.05, 0) is 12.1 Å². The van der Waals surface area contributed by atoms with E-state index in [-0.39, 0.29) is 5.91 Å². The molecule has 0 radical (unpaired) electrons. The zero-order valence-corrected chi connectivity index (χ0v) is 11.0. The van der Waals surface area contributed by atoms with Crippen molar-refractivity contribution in [2.24, 2.45) is 0 Å². The van der Waals surface area contributed by atoms with Gasteiger partial charge in [-0.25, -0.2) is 0 Å². The number of para-hydroxylation sites is 2. The molecule has 0 aromatic heterocycles. The van der Waals surface area contributed by atoms with E-state index in [1.807, 2.05) is 36.2 Å². The van der Waals surface area contributed by atoms with E-state index in [4.69, 9.17) is 9.47 Å². The van der Waals surface area contributed by atoms with Crippen molar-refractivity contribution in [1.29, 1.82) is 0 Å². The lowest BCUT2D eigenvalue weighted by atomic mass is 10.1. The fourth-order valence-corrected chi connectivity index (χ4v) is 2.54. The van der Waals surface area contributed by atoms with Crippen LogP contribution in [0, 0.1) is 0 Å². The molecule has 2 heterocycles. The number of rotatable bonds is 1. The van der Waals surface area contributed by atoms with Crippen LogP contribution in [0.25, 0.3) is 0 Å². The predicted octanol–water partition coefficient (Wildman–Crippen LogP) is 0.885. The molecule has 1 aromatic carbocycles. The molecule has 0 bridgehead atoms. The quantitative estimate of drug-likeness (QED) is 0.753. The van der Waals surface area contributed by atoms with E-state index >= 15 is 0 Å². The fraction of sp³-hybridized carbons (Fsp3) is 0.500. The summed E-state index contributed by atoms with van der Waals surface area (Å²) in [7, 11) is 2.04. The fourth-order valence-electron chi connectivity index (χ4n) is 2.54. The predicted molar refractivity (Wildman–Crippen MR) is 72.6 cm³/mol. The highest BCUT2D eigenvalue weighted by Gasteiger charge is 2.31. The van der Waals surface area contributed by atoms with Crippen LogP contribution in [0.3, 0.4) is 0 Å². The smallest absolute Gasteiger partial charge is 0.258 e. The molecular formula is C14H18N2O3. The Labute approximate surface area is 112 Å². The van der Waals surface area contributed by atoms with Crippen LogP contribution in [0.2, 0.25) is 0 Å². The number of anilines is 2. The Morgan fingerprint density at radius 1 is 1.21 bits per heavy atom. The van der Waals surface area contributed by atoms with E-state index in [1.165, 1.54) is 0 Å². The normalized spacial score (nSPS) is 23.1. The highest BCUT2D eigenvalue weighted by atomic mass is 16.6. The Bertz CT molecular complexity index is 472. The number of amides is 1. The highest BCUT2D eigenvalue weighted by Crippen LogP contribution is 2.32. The van der Waals surface area contributed by atoms with Crippen molar-refractivity contribution < 1.29 is 14.3 Å². The van der Waals surface area contributed by atoms with Crippen LogP contribution in [-0.4, -0.2) is 52.0 Å². The second kappa shape index (κ2) is 5.19. The summed E-state index contributed by atoms with van der Waals surface area (Å²) in [5.41, 5.74) is 2.04. The van der Waals surface area contributed by atoms with Crippen molar-refractivity contribution in [1.82, 2.24) is 0 Å². The van der Waals surface area contributed by atoms with E-state index in [9.17, 15) is 4.79 Å². The number of fused-ring (bicyclic) bond motifs is 1. The number of likely N-dealkylation sites (N-methyl/N-ethyl adjacent to an activating group) is 1. The maximum atomic E-state index is 12.5. The van der Waals surface area contributed by atoms with Crippen molar-refractivity contribution in [3.05, 3.63) is 24.3 Å². The lowest BCUT2D eigenvalue weighted by Gasteiger charge is -2.37. The zero-order valence-electron chi connectivity index (χ0n) is 11.0. The summed E-state index contributed by atoms with van der Waals surface area (Å²) in [6, 6.07) is 7.96. The van der Waals surface area contributed by atoms with Crippen LogP contribution < -0.4 is 9.80 Å². The lowest BCUT2D eigenvalue weighted by molar-refractivity contribution is -0.144. The second-order valence-electron chi connectivity index (χ2n) is 4.83. The Morgan fingerprint density at radius 2 is 2.00 bits per heavy atom. The molecule has 0 spiro atoms. The van der Waals surface area contributed by atoms with Crippen molar-refractivity contribution in [3.63, 3.8) is 0 Å². The summed E-state index contributed by atoms with van der Waals surface area (Å²) in [6.45, 7) is 2.94. The van der Waals surface area contributed by atoms with Crippen molar-refractivity contribution >= 4 is 17.3 Å². The average molecular weight is 262 g/mol. The molecule has 1 unspecified atom stereocenters. The van der Waals surface area contributed by atoms with Gasteiger partial charge in [0, 0.05) is 20.1 Å². The Balaban J connectivity index is 1.85. The molecule has 0 N–H and O–H groups in total. The van der Waals surface area contributed by atoms with Gasteiger partial charge in [0.2, 0.25) is 0 Å². The average Bonchev–Trinajstić information content (AvgIpc) is 2.48. The van der Waals surface area contributed by atoms with Crippen molar-refractivity contribution in [2.45, 2.75) is 6.10 Å². The third kappa shape index (κ3) is 2.31. The molecule has 0 aliphatic carbocycles. The van der Waals surface area contributed by atoms with E-state index in [1.54, 1.807) is 0 Å². The van der Waals surface area contributed by atoms with Crippen molar-refractivity contribution in [2.75, 3.05) is 49.8 Å². The molecule has 1 saturated heterocycles. The molecule has 3 rings (SSSR count). The van der Waals surface area contributed by atoms with Gasteiger partial charge in [0.25, 0.3) is 5.91 Å². The third-order valence-electron chi connectivity index (χ3n) is 3.60. The molecule has 19 heavy (non-hydrogen) atoms. The summed E-state index contributed by atoms with van der Waals surface area (Å²) < 4.78 is 10.8. The van der Waals surface area contributed by atoms with E-state index in [2.05, 4.69) is 4.90 Å². The van der Waals surface area contributed by atoms with E-state index in [0.29, 0.717) is 26.4 Å². The molecule has 1 atom stereocenters. The van der Waals surface area contributed by atoms with Crippen LogP contribution >= 0.6 is 0 Å². The van der Waals surface area contributed by atoms with Gasteiger partial charge >= 0.3 is 0 Å². The minimum Gasteiger partial charge on any atom is -0.376 e. The standard InChI is InChI=1S/C14H18N2O3/c1-15-6-7-16(12-5-3-2-4-11(12)15)14(17)13-10-18-8-9-19-13/h2-5,13H,6-10H2,1H3. The highest BCUT2D eigenvalue weighted by molar-refractivity contribution is 6.00. The molecule has 5 nitrogen and oxygen atoms in total. The van der Waals surface area contributed by atoms with Gasteiger partial charge in [0.05, 0.1) is 31.2 Å². The molecule has 0 saturated carbocycles. The first-order valence-electron chi connectivity index (χ1n) is 6.58. The summed E-state index contributed by atoms with van der Waals surface area (Å²) in [5.74, 6) is 0.000231. The maximum absolute atomic E-state index is 12.5.